The van der Waals surface area contributed by atoms with Crippen LogP contribution >= 0.6 is 15.9 Å². The number of para-hydroxylation sites is 2. The van der Waals surface area contributed by atoms with Crippen LogP contribution in [0.5, 0.6) is 11.5 Å². The van der Waals surface area contributed by atoms with E-state index in [0.29, 0.717) is 11.5 Å². The Bertz CT molecular complexity index is 584. The smallest absolute Gasteiger partial charge is 0.262 e. The second-order valence-electron chi connectivity index (χ2n) is 3.99. The van der Waals surface area contributed by atoms with Gasteiger partial charge in [0.05, 0.1) is 7.11 Å². The first kappa shape index (κ1) is 14.4. The molecule has 2 rings (SSSR count). The Morgan fingerprint density at radius 3 is 2.40 bits per heavy atom. The molecule has 104 valence electrons. The van der Waals surface area contributed by atoms with E-state index in [1.807, 2.05) is 36.4 Å². The number of nitrogens with one attached hydrogen (secondary N) is 1. The Morgan fingerprint density at radius 2 is 1.75 bits per heavy atom. The molecule has 20 heavy (non-hydrogen) atoms. The van der Waals surface area contributed by atoms with Gasteiger partial charge >= 0.3 is 0 Å². The molecule has 0 aliphatic heterocycles. The van der Waals surface area contributed by atoms with E-state index in [9.17, 15) is 4.79 Å². The third-order valence-corrected chi connectivity index (χ3v) is 3.08. The lowest BCUT2D eigenvalue weighted by molar-refractivity contribution is -0.118. The molecule has 0 heterocycles. The van der Waals surface area contributed by atoms with Crippen LogP contribution in [0.2, 0.25) is 0 Å². The minimum Gasteiger partial charge on any atom is -0.493 e. The molecule has 0 bridgehead atoms. The van der Waals surface area contributed by atoms with Gasteiger partial charge in [0.2, 0.25) is 0 Å². The number of carbonyl (C=O) groups is 1. The molecule has 2 aromatic rings. The van der Waals surface area contributed by atoms with E-state index < -0.39 is 0 Å². The van der Waals surface area contributed by atoms with Crippen molar-refractivity contribution in [1.29, 1.82) is 0 Å². The van der Waals surface area contributed by atoms with Crippen LogP contribution in [0.4, 0.5) is 5.69 Å². The van der Waals surface area contributed by atoms with Crippen molar-refractivity contribution >= 4 is 27.5 Å². The zero-order chi connectivity index (χ0) is 14.4. The van der Waals surface area contributed by atoms with E-state index in [4.69, 9.17) is 9.47 Å². The summed E-state index contributed by atoms with van der Waals surface area (Å²) in [5.74, 6) is 0.920. The van der Waals surface area contributed by atoms with Crippen LogP contribution < -0.4 is 14.8 Å². The maximum absolute atomic E-state index is 11.8. The zero-order valence-corrected chi connectivity index (χ0v) is 12.5. The first-order chi connectivity index (χ1) is 9.69. The van der Waals surface area contributed by atoms with Crippen molar-refractivity contribution in [1.82, 2.24) is 0 Å². The summed E-state index contributed by atoms with van der Waals surface area (Å²) in [6.45, 7) is -0.0730. The quantitative estimate of drug-likeness (QED) is 0.909. The van der Waals surface area contributed by atoms with Gasteiger partial charge in [-0.15, -0.1) is 0 Å². The van der Waals surface area contributed by atoms with Crippen LogP contribution in [0.3, 0.4) is 0 Å². The molecule has 0 spiro atoms. The fraction of sp³-hybridized carbons (Fsp3) is 0.133. The topological polar surface area (TPSA) is 47.6 Å². The summed E-state index contributed by atoms with van der Waals surface area (Å²) in [4.78, 5) is 11.8. The Hall–Kier alpha value is -2.01. The summed E-state index contributed by atoms with van der Waals surface area (Å²) < 4.78 is 11.5. The van der Waals surface area contributed by atoms with E-state index in [0.717, 1.165) is 10.2 Å². The van der Waals surface area contributed by atoms with Gasteiger partial charge in [-0.1, -0.05) is 28.1 Å². The minimum absolute atomic E-state index is 0.0730. The van der Waals surface area contributed by atoms with E-state index in [1.54, 1.807) is 19.2 Å². The predicted molar refractivity (Wildman–Crippen MR) is 81.3 cm³/mol. The normalized spacial score (nSPS) is 9.90. The van der Waals surface area contributed by atoms with Crippen LogP contribution in [0.25, 0.3) is 0 Å². The average molecular weight is 336 g/mol. The van der Waals surface area contributed by atoms with Crippen LogP contribution in [-0.2, 0) is 4.79 Å². The number of amides is 1. The van der Waals surface area contributed by atoms with Gasteiger partial charge < -0.3 is 14.8 Å². The molecule has 4 nitrogen and oxygen atoms in total. The second kappa shape index (κ2) is 6.96. The molecule has 0 unspecified atom stereocenters. The number of methoxy groups -OCH3 is 1. The fourth-order valence-electron chi connectivity index (χ4n) is 1.61. The number of ether oxygens (including phenoxy) is 2. The van der Waals surface area contributed by atoms with Gasteiger partial charge in [-0.25, -0.2) is 0 Å². The van der Waals surface area contributed by atoms with Crippen molar-refractivity contribution in [2.45, 2.75) is 0 Å². The largest absolute Gasteiger partial charge is 0.493 e. The highest BCUT2D eigenvalue weighted by Gasteiger charge is 2.07. The monoisotopic (exact) mass is 335 g/mol. The predicted octanol–water partition coefficient (Wildman–Crippen LogP) is 3.48. The fourth-order valence-corrected chi connectivity index (χ4v) is 1.88. The first-order valence-corrected chi connectivity index (χ1v) is 6.79. The molecule has 0 atom stereocenters. The number of halogens is 1. The van der Waals surface area contributed by atoms with Crippen LogP contribution in [0.15, 0.2) is 53.0 Å². The van der Waals surface area contributed by atoms with Crippen LogP contribution in [0.1, 0.15) is 0 Å². The van der Waals surface area contributed by atoms with Crippen molar-refractivity contribution in [3.8, 4) is 11.5 Å². The first-order valence-electron chi connectivity index (χ1n) is 6.00. The summed E-state index contributed by atoms with van der Waals surface area (Å²) in [6, 6.07) is 14.5. The third-order valence-electron chi connectivity index (χ3n) is 2.56. The molecule has 0 aliphatic carbocycles. The lowest BCUT2D eigenvalue weighted by Crippen LogP contribution is -2.20. The lowest BCUT2D eigenvalue weighted by Gasteiger charge is -2.10. The SMILES string of the molecule is COc1ccccc1OCC(=O)Nc1ccc(Br)cc1. The summed E-state index contributed by atoms with van der Waals surface area (Å²) >= 11 is 3.34. The summed E-state index contributed by atoms with van der Waals surface area (Å²) in [6.07, 6.45) is 0. The highest BCUT2D eigenvalue weighted by molar-refractivity contribution is 9.10. The lowest BCUT2D eigenvalue weighted by atomic mass is 10.3. The van der Waals surface area contributed by atoms with E-state index in [-0.39, 0.29) is 12.5 Å². The van der Waals surface area contributed by atoms with Gasteiger partial charge in [-0.3, -0.25) is 4.79 Å². The summed E-state index contributed by atoms with van der Waals surface area (Å²) in [5.41, 5.74) is 0.724. The zero-order valence-electron chi connectivity index (χ0n) is 10.9. The average Bonchev–Trinajstić information content (AvgIpc) is 2.48. The van der Waals surface area contributed by atoms with E-state index >= 15 is 0 Å². The van der Waals surface area contributed by atoms with E-state index in [1.165, 1.54) is 0 Å². The highest BCUT2D eigenvalue weighted by atomic mass is 79.9. The molecule has 0 saturated heterocycles. The Morgan fingerprint density at radius 1 is 1.10 bits per heavy atom. The maximum atomic E-state index is 11.8. The number of benzene rings is 2. The second-order valence-corrected chi connectivity index (χ2v) is 4.91. The Kier molecular flexibility index (Phi) is 5.01. The van der Waals surface area contributed by atoms with Gasteiger partial charge in [0.1, 0.15) is 0 Å². The molecule has 2 aromatic carbocycles. The third kappa shape index (κ3) is 3.99. The van der Waals surface area contributed by atoms with Crippen molar-refractivity contribution in [3.05, 3.63) is 53.0 Å². The maximum Gasteiger partial charge on any atom is 0.262 e. The number of rotatable bonds is 5. The minimum atomic E-state index is -0.224. The number of hydrogen-bond acceptors (Lipinski definition) is 3. The van der Waals surface area contributed by atoms with Gasteiger partial charge in [0.15, 0.2) is 18.1 Å². The molecule has 1 N–H and O–H groups in total. The Balaban J connectivity index is 1.90. The standard InChI is InChI=1S/C15H14BrNO3/c1-19-13-4-2-3-5-14(13)20-10-15(18)17-12-8-6-11(16)7-9-12/h2-9H,10H2,1H3,(H,17,18). The number of carbonyl (C=O) groups excluding carboxylic acids is 1. The Labute approximate surface area is 125 Å². The van der Waals surface area contributed by atoms with Crippen LogP contribution in [0, 0.1) is 0 Å². The molecular formula is C15H14BrNO3. The van der Waals surface area contributed by atoms with Gasteiger partial charge in [0, 0.05) is 10.2 Å². The van der Waals surface area contributed by atoms with Crippen LogP contribution in [-0.4, -0.2) is 19.6 Å². The van der Waals surface area contributed by atoms with Gasteiger partial charge in [0.25, 0.3) is 5.91 Å². The molecule has 5 heteroatoms. The molecule has 0 fully saturated rings. The number of hydrogen-bond donors (Lipinski definition) is 1. The summed E-state index contributed by atoms with van der Waals surface area (Å²) in [7, 11) is 1.56. The van der Waals surface area contributed by atoms with Crippen molar-refractivity contribution in [3.63, 3.8) is 0 Å². The molecule has 1 amide bonds. The molecule has 0 aromatic heterocycles. The summed E-state index contributed by atoms with van der Waals surface area (Å²) in [5, 5.41) is 2.75. The van der Waals surface area contributed by atoms with Gasteiger partial charge in [-0.05, 0) is 36.4 Å². The molecule has 0 aliphatic rings. The molecule has 0 radical (unpaired) electrons. The van der Waals surface area contributed by atoms with Crippen molar-refractivity contribution in [2.75, 3.05) is 19.0 Å². The highest BCUT2D eigenvalue weighted by Crippen LogP contribution is 2.25. The van der Waals surface area contributed by atoms with Crippen molar-refractivity contribution < 1.29 is 14.3 Å². The van der Waals surface area contributed by atoms with Crippen molar-refractivity contribution in [2.24, 2.45) is 0 Å². The van der Waals surface area contributed by atoms with E-state index in [2.05, 4.69) is 21.2 Å². The molecule has 0 saturated carbocycles. The molecular weight excluding hydrogens is 322 g/mol. The number of anilines is 1. The van der Waals surface area contributed by atoms with Gasteiger partial charge in [-0.2, -0.15) is 0 Å².